The van der Waals surface area contributed by atoms with Gasteiger partial charge in [-0.25, -0.2) is 8.42 Å². The van der Waals surface area contributed by atoms with Crippen molar-refractivity contribution in [2.45, 2.75) is 11.8 Å². The number of piperazine rings is 1. The first-order chi connectivity index (χ1) is 9.88. The molecular weight excluding hydrogens is 356 g/mol. The molecule has 7 heteroatoms. The topological polar surface area (TPSA) is 58.9 Å². The molecule has 1 heterocycles. The van der Waals surface area contributed by atoms with Gasteiger partial charge in [0.15, 0.2) is 9.84 Å². The number of halogens is 1. The normalized spacial score (nSPS) is 17.0. The summed E-state index contributed by atoms with van der Waals surface area (Å²) in [5, 5.41) is 0. The van der Waals surface area contributed by atoms with Gasteiger partial charge in [0, 0.05) is 11.4 Å². The Bertz CT molecular complexity index is 593. The average Bonchev–Trinajstić information content (AvgIpc) is 2.46. The van der Waals surface area contributed by atoms with Crippen molar-refractivity contribution < 1.29 is 18.1 Å². The third kappa shape index (κ3) is 4.52. The van der Waals surface area contributed by atoms with Gasteiger partial charge in [-0.3, -0.25) is 4.79 Å². The molecule has 0 unspecified atom stereocenters. The van der Waals surface area contributed by atoms with E-state index in [-0.39, 0.29) is 11.7 Å². The number of sulfone groups is 1. The number of carbonyl (C=O) groups excluding carboxylic acids is 1. The van der Waals surface area contributed by atoms with E-state index in [4.69, 9.17) is 0 Å². The predicted octanol–water partition coefficient (Wildman–Crippen LogP) is -0.0302. The summed E-state index contributed by atoms with van der Waals surface area (Å²) < 4.78 is 25.4. The number of hydrogen-bond acceptors (Lipinski definition) is 3. The molecule has 21 heavy (non-hydrogen) atoms. The van der Waals surface area contributed by atoms with Crippen molar-refractivity contribution in [1.82, 2.24) is 4.90 Å². The van der Waals surface area contributed by atoms with E-state index in [9.17, 15) is 13.2 Å². The maximum Gasteiger partial charge on any atom is 0.219 e. The first kappa shape index (κ1) is 16.5. The van der Waals surface area contributed by atoms with Gasteiger partial charge in [0.2, 0.25) is 5.91 Å². The number of nitrogens with zero attached hydrogens (tertiary/aromatic N) is 1. The van der Waals surface area contributed by atoms with Gasteiger partial charge < -0.3 is 9.80 Å². The molecular formula is C14H20BrN2O3S+. The highest BCUT2D eigenvalue weighted by atomic mass is 79.9. The van der Waals surface area contributed by atoms with E-state index in [1.54, 1.807) is 31.2 Å². The number of rotatable bonds is 4. The molecule has 0 aliphatic carbocycles. The highest BCUT2D eigenvalue weighted by molar-refractivity contribution is 9.10. The molecule has 1 aromatic carbocycles. The Balaban J connectivity index is 1.88. The standard InChI is InChI=1S/C14H19BrN2O3S/c1-12(18)17-8-6-16(7-9-17)10-11-21(19,20)14-4-2-13(15)3-5-14/h2-5H,6-11H2,1H3/p+1. The third-order valence-electron chi connectivity index (χ3n) is 3.81. The third-order valence-corrected chi connectivity index (χ3v) is 6.07. The van der Waals surface area contributed by atoms with Gasteiger partial charge in [0.1, 0.15) is 5.75 Å². The molecule has 1 saturated heterocycles. The minimum absolute atomic E-state index is 0.0940. The van der Waals surface area contributed by atoms with E-state index in [0.717, 1.165) is 17.6 Å². The molecule has 116 valence electrons. The first-order valence-electron chi connectivity index (χ1n) is 6.96. The zero-order chi connectivity index (χ0) is 15.5. The van der Waals surface area contributed by atoms with Gasteiger partial charge in [0.05, 0.1) is 37.6 Å². The molecule has 0 atom stereocenters. The summed E-state index contributed by atoms with van der Waals surface area (Å²) in [6.07, 6.45) is 0. The average molecular weight is 376 g/mol. The summed E-state index contributed by atoms with van der Waals surface area (Å²) in [7, 11) is -3.23. The van der Waals surface area contributed by atoms with E-state index >= 15 is 0 Å². The summed E-state index contributed by atoms with van der Waals surface area (Å²) in [5.41, 5.74) is 0. The van der Waals surface area contributed by atoms with Crippen LogP contribution in [0.3, 0.4) is 0 Å². The van der Waals surface area contributed by atoms with Crippen LogP contribution in [0.1, 0.15) is 6.92 Å². The Hall–Kier alpha value is -0.920. The minimum Gasteiger partial charge on any atom is -0.332 e. The van der Waals surface area contributed by atoms with Crippen molar-refractivity contribution >= 4 is 31.7 Å². The lowest BCUT2D eigenvalue weighted by Crippen LogP contribution is -3.15. The van der Waals surface area contributed by atoms with Crippen LogP contribution in [0.5, 0.6) is 0 Å². The van der Waals surface area contributed by atoms with Crippen LogP contribution in [-0.4, -0.2) is 57.7 Å². The van der Waals surface area contributed by atoms with Crippen LogP contribution in [0.25, 0.3) is 0 Å². The van der Waals surface area contributed by atoms with E-state index in [2.05, 4.69) is 15.9 Å². The van der Waals surface area contributed by atoms with Crippen LogP contribution in [0, 0.1) is 0 Å². The fraction of sp³-hybridized carbons (Fsp3) is 0.500. The Labute approximate surface area is 134 Å². The highest BCUT2D eigenvalue weighted by Gasteiger charge is 2.24. The molecule has 1 aromatic rings. The Morgan fingerprint density at radius 3 is 2.33 bits per heavy atom. The van der Waals surface area contributed by atoms with Crippen molar-refractivity contribution in [2.75, 3.05) is 38.5 Å². The Morgan fingerprint density at radius 1 is 1.24 bits per heavy atom. The summed E-state index contributed by atoms with van der Waals surface area (Å²) in [5.74, 6) is 0.237. The second-order valence-electron chi connectivity index (χ2n) is 5.28. The molecule has 5 nitrogen and oxygen atoms in total. The van der Waals surface area contributed by atoms with Gasteiger partial charge in [-0.15, -0.1) is 0 Å². The summed E-state index contributed by atoms with van der Waals surface area (Å²) >= 11 is 3.30. The fourth-order valence-corrected chi connectivity index (χ4v) is 4.03. The van der Waals surface area contributed by atoms with Crippen LogP contribution in [0.2, 0.25) is 0 Å². The van der Waals surface area contributed by atoms with Gasteiger partial charge in [-0.1, -0.05) is 15.9 Å². The van der Waals surface area contributed by atoms with E-state index in [1.165, 1.54) is 4.90 Å². The lowest BCUT2D eigenvalue weighted by molar-refractivity contribution is -0.901. The van der Waals surface area contributed by atoms with E-state index in [1.807, 2.05) is 4.90 Å². The van der Waals surface area contributed by atoms with Gasteiger partial charge in [-0.05, 0) is 24.3 Å². The largest absolute Gasteiger partial charge is 0.332 e. The van der Waals surface area contributed by atoms with E-state index in [0.29, 0.717) is 24.5 Å². The first-order valence-corrected chi connectivity index (χ1v) is 9.40. The van der Waals surface area contributed by atoms with E-state index < -0.39 is 9.84 Å². The number of carbonyl (C=O) groups is 1. The van der Waals surface area contributed by atoms with Crippen molar-refractivity contribution in [3.63, 3.8) is 0 Å². The van der Waals surface area contributed by atoms with Gasteiger partial charge >= 0.3 is 0 Å². The summed E-state index contributed by atoms with van der Waals surface area (Å²) in [6, 6.07) is 6.74. The number of quaternary nitrogens is 1. The fourth-order valence-electron chi connectivity index (χ4n) is 2.43. The van der Waals surface area contributed by atoms with Crippen molar-refractivity contribution in [2.24, 2.45) is 0 Å². The monoisotopic (exact) mass is 375 g/mol. The number of benzene rings is 1. The molecule has 1 amide bonds. The number of nitrogens with one attached hydrogen (secondary N) is 1. The van der Waals surface area contributed by atoms with Crippen molar-refractivity contribution in [3.05, 3.63) is 28.7 Å². The lowest BCUT2D eigenvalue weighted by atomic mass is 10.3. The zero-order valence-electron chi connectivity index (χ0n) is 12.0. The van der Waals surface area contributed by atoms with Crippen LogP contribution >= 0.6 is 15.9 Å². The zero-order valence-corrected chi connectivity index (χ0v) is 14.4. The Kier molecular flexibility index (Phi) is 5.40. The SMILES string of the molecule is CC(=O)N1CC[NH+](CCS(=O)(=O)c2ccc(Br)cc2)CC1. The van der Waals surface area contributed by atoms with Crippen LogP contribution in [0.4, 0.5) is 0 Å². The van der Waals surface area contributed by atoms with Gasteiger partial charge in [-0.2, -0.15) is 0 Å². The molecule has 1 N–H and O–H groups in total. The van der Waals surface area contributed by atoms with Crippen molar-refractivity contribution in [3.8, 4) is 0 Å². The molecule has 0 spiro atoms. The summed E-state index contributed by atoms with van der Waals surface area (Å²) in [4.78, 5) is 14.7. The second kappa shape index (κ2) is 6.89. The number of hydrogen-bond donors (Lipinski definition) is 1. The maximum atomic E-state index is 12.3. The molecule has 2 rings (SSSR count). The summed E-state index contributed by atoms with van der Waals surface area (Å²) in [6.45, 7) is 5.21. The molecule has 0 bridgehead atoms. The van der Waals surface area contributed by atoms with Crippen LogP contribution in [-0.2, 0) is 14.6 Å². The molecule has 1 aliphatic heterocycles. The quantitative estimate of drug-likeness (QED) is 0.803. The smallest absolute Gasteiger partial charge is 0.219 e. The Morgan fingerprint density at radius 2 is 1.81 bits per heavy atom. The van der Waals surface area contributed by atoms with Crippen LogP contribution in [0.15, 0.2) is 33.6 Å². The van der Waals surface area contributed by atoms with Gasteiger partial charge in [0.25, 0.3) is 0 Å². The molecule has 0 saturated carbocycles. The minimum atomic E-state index is -3.23. The highest BCUT2D eigenvalue weighted by Crippen LogP contribution is 2.15. The second-order valence-corrected chi connectivity index (χ2v) is 8.30. The van der Waals surface area contributed by atoms with Crippen molar-refractivity contribution in [1.29, 1.82) is 0 Å². The molecule has 0 aromatic heterocycles. The molecule has 0 radical (unpaired) electrons. The number of amides is 1. The maximum absolute atomic E-state index is 12.3. The lowest BCUT2D eigenvalue weighted by Gasteiger charge is -2.31. The molecule has 1 aliphatic rings. The van der Waals surface area contributed by atoms with Crippen LogP contribution < -0.4 is 4.90 Å². The molecule has 1 fully saturated rings. The predicted molar refractivity (Wildman–Crippen MR) is 84.0 cm³/mol.